The lowest BCUT2D eigenvalue weighted by Gasteiger charge is -2.08. The van der Waals surface area contributed by atoms with Gasteiger partial charge in [-0.1, -0.05) is 0 Å². The molecule has 1 aliphatic rings. The molecule has 2 amide bonds. The van der Waals surface area contributed by atoms with E-state index in [2.05, 4.69) is 12.6 Å². The topological polar surface area (TPSA) is 37.4 Å². The highest BCUT2D eigenvalue weighted by atomic mass is 32.1. The van der Waals surface area contributed by atoms with E-state index < -0.39 is 5.25 Å². The van der Waals surface area contributed by atoms with Gasteiger partial charge in [-0.25, -0.2) is 0 Å². The minimum absolute atomic E-state index is 0.104. The Morgan fingerprint density at radius 1 is 1.70 bits per heavy atom. The molecule has 0 bridgehead atoms. The van der Waals surface area contributed by atoms with E-state index in [0.29, 0.717) is 7.31 Å². The van der Waals surface area contributed by atoms with Gasteiger partial charge in [0.1, 0.15) is 0 Å². The first-order valence-electron chi connectivity index (χ1n) is 3.19. The molecule has 0 radical (unpaired) electrons. The summed E-state index contributed by atoms with van der Waals surface area (Å²) < 4.78 is 0. The van der Waals surface area contributed by atoms with E-state index in [1.807, 2.05) is 0 Å². The molecule has 0 aromatic heterocycles. The lowest BCUT2D eigenvalue weighted by atomic mass is 9.65. The molecule has 1 saturated heterocycles. The maximum atomic E-state index is 11.0. The summed E-state index contributed by atoms with van der Waals surface area (Å²) >= 11 is 3.95. The standard InChI is InChI=1S/C4H7B2NO2S/c5-6-7-3(8)1-2(10)4(7)9/h2,6,10H,1,5H2. The number of rotatable bonds is 1. The van der Waals surface area contributed by atoms with Gasteiger partial charge >= 0.3 is 0 Å². The van der Waals surface area contributed by atoms with E-state index in [1.165, 1.54) is 4.81 Å². The minimum Gasteiger partial charge on any atom is -0.340 e. The van der Waals surface area contributed by atoms with Crippen LogP contribution in [0.3, 0.4) is 0 Å². The number of imide groups is 1. The van der Waals surface area contributed by atoms with E-state index >= 15 is 0 Å². The van der Waals surface area contributed by atoms with E-state index in [0.717, 1.165) is 0 Å². The first-order chi connectivity index (χ1) is 4.66. The fraction of sp³-hybridized carbons (Fsp3) is 0.500. The molecule has 0 aromatic rings. The van der Waals surface area contributed by atoms with Gasteiger partial charge < -0.3 is 4.81 Å². The summed E-state index contributed by atoms with van der Waals surface area (Å²) in [6.07, 6.45) is 0.260. The SMILES string of the molecule is BBN1C(=O)CC(S)C1=O. The normalized spacial score (nSPS) is 25.7. The summed E-state index contributed by atoms with van der Waals surface area (Å²) in [7, 11) is 2.25. The molecule has 0 saturated carbocycles. The second kappa shape index (κ2) is 2.70. The number of carbonyl (C=O) groups excluding carboxylic acids is 2. The van der Waals surface area contributed by atoms with Crippen LogP contribution in [0.5, 0.6) is 0 Å². The summed E-state index contributed by atoms with van der Waals surface area (Å²) in [6.45, 7) is 0. The van der Waals surface area contributed by atoms with Crippen LogP contribution in [0.4, 0.5) is 0 Å². The number of hydrogen-bond donors (Lipinski definition) is 1. The molecule has 0 aliphatic carbocycles. The van der Waals surface area contributed by atoms with Crippen molar-refractivity contribution in [1.29, 1.82) is 0 Å². The summed E-state index contributed by atoms with van der Waals surface area (Å²) in [6, 6.07) is 0. The molecule has 1 rings (SSSR count). The van der Waals surface area contributed by atoms with Crippen molar-refractivity contribution in [2.24, 2.45) is 0 Å². The zero-order valence-electron chi connectivity index (χ0n) is 5.70. The Balaban J connectivity index is 2.74. The second-order valence-corrected chi connectivity index (χ2v) is 2.82. The third-order valence-corrected chi connectivity index (χ3v) is 1.94. The van der Waals surface area contributed by atoms with Crippen molar-refractivity contribution in [2.45, 2.75) is 11.7 Å². The lowest BCUT2D eigenvalue weighted by molar-refractivity contribution is -0.132. The molecule has 1 fully saturated rings. The maximum Gasteiger partial charge on any atom is 0.229 e. The summed E-state index contributed by atoms with van der Waals surface area (Å²) in [5.41, 5.74) is 0. The van der Waals surface area contributed by atoms with Crippen LogP contribution in [0.25, 0.3) is 0 Å². The molecule has 0 aromatic carbocycles. The Kier molecular flexibility index (Phi) is 2.08. The average Bonchev–Trinajstić information content (AvgIpc) is 2.09. The Hall–Kier alpha value is -0.380. The highest BCUT2D eigenvalue weighted by Crippen LogP contribution is 2.15. The van der Waals surface area contributed by atoms with Crippen molar-refractivity contribution >= 4 is 39.5 Å². The first-order valence-corrected chi connectivity index (χ1v) is 3.70. The highest BCUT2D eigenvalue weighted by Gasteiger charge is 2.34. The summed E-state index contributed by atoms with van der Waals surface area (Å²) in [4.78, 5) is 23.1. The number of amides is 2. The molecule has 1 heterocycles. The van der Waals surface area contributed by atoms with E-state index in [1.54, 1.807) is 7.74 Å². The minimum atomic E-state index is -0.396. The van der Waals surface area contributed by atoms with Gasteiger partial charge in [0.25, 0.3) is 0 Å². The van der Waals surface area contributed by atoms with Crippen LogP contribution in [-0.2, 0) is 9.59 Å². The van der Waals surface area contributed by atoms with Crippen LogP contribution in [0, 0.1) is 0 Å². The molecule has 52 valence electrons. The number of nitrogens with zero attached hydrogens (tertiary/aromatic N) is 1. The van der Waals surface area contributed by atoms with E-state index in [9.17, 15) is 9.59 Å². The fourth-order valence-corrected chi connectivity index (χ4v) is 1.29. The van der Waals surface area contributed by atoms with E-state index in [4.69, 9.17) is 0 Å². The summed E-state index contributed by atoms with van der Waals surface area (Å²) in [5.74, 6) is -0.261. The van der Waals surface area contributed by atoms with Crippen LogP contribution in [0.1, 0.15) is 6.42 Å². The van der Waals surface area contributed by atoms with Crippen LogP contribution >= 0.6 is 12.6 Å². The lowest BCUT2D eigenvalue weighted by Crippen LogP contribution is -2.34. The van der Waals surface area contributed by atoms with Gasteiger partial charge in [-0.2, -0.15) is 12.6 Å². The molecular formula is C4H7B2NO2S. The number of hydrogen-bond acceptors (Lipinski definition) is 3. The van der Waals surface area contributed by atoms with Crippen LogP contribution < -0.4 is 0 Å². The molecular weight excluding hydrogens is 148 g/mol. The smallest absolute Gasteiger partial charge is 0.229 e. The number of thiol groups is 1. The molecule has 1 unspecified atom stereocenters. The van der Waals surface area contributed by atoms with Crippen molar-refractivity contribution < 1.29 is 9.59 Å². The quantitative estimate of drug-likeness (QED) is 0.268. The monoisotopic (exact) mass is 155 g/mol. The third kappa shape index (κ3) is 1.08. The Labute approximate surface area is 66.2 Å². The van der Waals surface area contributed by atoms with Gasteiger partial charge in [0.05, 0.1) is 13.0 Å². The molecule has 1 atom stereocenters. The second-order valence-electron chi connectivity index (χ2n) is 2.20. The van der Waals surface area contributed by atoms with Crippen molar-refractivity contribution in [3.8, 4) is 0 Å². The first kappa shape index (κ1) is 7.72. The van der Waals surface area contributed by atoms with Gasteiger partial charge in [-0.15, -0.1) is 0 Å². The Morgan fingerprint density at radius 3 is 2.50 bits per heavy atom. The number of carbonyl (C=O) groups is 2. The molecule has 0 N–H and O–H groups in total. The molecule has 0 spiro atoms. The third-order valence-electron chi connectivity index (χ3n) is 1.54. The molecule has 6 heteroatoms. The predicted molar refractivity (Wildman–Crippen MR) is 44.9 cm³/mol. The molecule has 3 nitrogen and oxygen atoms in total. The molecule has 1 aliphatic heterocycles. The Morgan fingerprint density at radius 2 is 2.30 bits per heavy atom. The van der Waals surface area contributed by atoms with Gasteiger partial charge in [-0.3, -0.25) is 9.59 Å². The fourth-order valence-electron chi connectivity index (χ4n) is 0.998. The zero-order valence-corrected chi connectivity index (χ0v) is 6.60. The van der Waals surface area contributed by atoms with Crippen molar-refractivity contribution in [1.82, 2.24) is 4.81 Å². The Bertz CT molecular complexity index is 186. The molecule has 10 heavy (non-hydrogen) atoms. The van der Waals surface area contributed by atoms with Crippen LogP contribution in [0.2, 0.25) is 0 Å². The largest absolute Gasteiger partial charge is 0.340 e. The van der Waals surface area contributed by atoms with Crippen LogP contribution in [-0.4, -0.2) is 36.9 Å². The van der Waals surface area contributed by atoms with Crippen molar-refractivity contribution in [3.05, 3.63) is 0 Å². The van der Waals surface area contributed by atoms with Gasteiger partial charge in [0.15, 0.2) is 0 Å². The average molecular weight is 155 g/mol. The van der Waals surface area contributed by atoms with Gasteiger partial charge in [0, 0.05) is 6.42 Å². The van der Waals surface area contributed by atoms with E-state index in [-0.39, 0.29) is 18.2 Å². The van der Waals surface area contributed by atoms with Crippen molar-refractivity contribution in [2.75, 3.05) is 0 Å². The highest BCUT2D eigenvalue weighted by molar-refractivity contribution is 7.81. The zero-order chi connectivity index (χ0) is 7.72. The van der Waals surface area contributed by atoms with Crippen LogP contribution in [0.15, 0.2) is 0 Å². The predicted octanol–water partition coefficient (Wildman–Crippen LogP) is -2.06. The van der Waals surface area contributed by atoms with Gasteiger partial charge in [0.2, 0.25) is 19.1 Å². The van der Waals surface area contributed by atoms with Crippen molar-refractivity contribution in [3.63, 3.8) is 0 Å². The summed E-state index contributed by atoms with van der Waals surface area (Å²) in [5, 5.41) is -0.396. The maximum absolute atomic E-state index is 11.0. The van der Waals surface area contributed by atoms with Gasteiger partial charge in [-0.05, 0) is 0 Å².